The van der Waals surface area contributed by atoms with E-state index in [0.29, 0.717) is 6.04 Å². The molecule has 1 fully saturated rings. The van der Waals surface area contributed by atoms with Crippen molar-refractivity contribution in [3.8, 4) is 11.1 Å². The molecule has 0 radical (unpaired) electrons. The fourth-order valence-electron chi connectivity index (χ4n) is 9.62. The van der Waals surface area contributed by atoms with Crippen molar-refractivity contribution in [1.82, 2.24) is 10.3 Å². The SMILES string of the molecule is C[C@H](NCc1ccccn1)C1CCCCC1.Cc1ccc(P(c2ccc(C)cc2)c2ccc3ccccc3c2-c2c(P(c3ccc(C)cc3)c3ccc(C)cc3)ccc3ccccc23)cc1.[Ru]. The summed E-state index contributed by atoms with van der Waals surface area (Å²) in [7, 11) is -1.77. The number of pyridine rings is 1. The van der Waals surface area contributed by atoms with Gasteiger partial charge in [0.05, 0.1) is 5.69 Å². The molecule has 10 rings (SSSR count). The Balaban J connectivity index is 0.000000303. The van der Waals surface area contributed by atoms with Crippen molar-refractivity contribution < 1.29 is 19.5 Å². The number of aryl methyl sites for hydroxylation is 4. The normalized spacial score (nSPS) is 13.3. The zero-order valence-electron chi connectivity index (χ0n) is 39.6. The maximum absolute atomic E-state index is 4.33. The van der Waals surface area contributed by atoms with E-state index < -0.39 is 15.8 Å². The summed E-state index contributed by atoms with van der Waals surface area (Å²) in [6.07, 6.45) is 8.93. The van der Waals surface area contributed by atoms with Gasteiger partial charge in [-0.2, -0.15) is 0 Å². The number of nitrogens with one attached hydrogen (secondary N) is 1. The minimum Gasteiger partial charge on any atom is -0.308 e. The fourth-order valence-corrected chi connectivity index (χ4v) is 14.5. The molecule has 0 aliphatic heterocycles. The topological polar surface area (TPSA) is 24.9 Å². The molecule has 338 valence electrons. The first-order valence-corrected chi connectivity index (χ1v) is 26.5. The van der Waals surface area contributed by atoms with Crippen LogP contribution in [-0.4, -0.2) is 11.0 Å². The summed E-state index contributed by atoms with van der Waals surface area (Å²) in [5.41, 5.74) is 8.98. The molecule has 0 unspecified atom stereocenters. The number of aromatic nitrogens is 1. The first-order valence-electron chi connectivity index (χ1n) is 23.8. The van der Waals surface area contributed by atoms with Crippen molar-refractivity contribution in [2.75, 3.05) is 0 Å². The van der Waals surface area contributed by atoms with E-state index in [0.717, 1.165) is 18.2 Å². The van der Waals surface area contributed by atoms with E-state index in [9.17, 15) is 0 Å². The van der Waals surface area contributed by atoms with Crippen LogP contribution < -0.4 is 37.1 Å². The molecule has 0 spiro atoms. The summed E-state index contributed by atoms with van der Waals surface area (Å²) in [6, 6.07) is 71.4. The fraction of sp³-hybridized carbons (Fsp3) is 0.210. The first kappa shape index (κ1) is 48.3. The van der Waals surface area contributed by atoms with Crippen LogP contribution in [0.5, 0.6) is 0 Å². The Morgan fingerprint density at radius 1 is 0.463 bits per heavy atom. The van der Waals surface area contributed by atoms with Gasteiger partial charge < -0.3 is 5.32 Å². The quantitative estimate of drug-likeness (QED) is 0.103. The number of fused-ring (bicyclic) bond motifs is 2. The molecule has 0 bridgehead atoms. The van der Waals surface area contributed by atoms with Crippen molar-refractivity contribution in [3.05, 3.63) is 222 Å². The largest absolute Gasteiger partial charge is 0.308 e. The van der Waals surface area contributed by atoms with Gasteiger partial charge in [0.2, 0.25) is 0 Å². The molecule has 9 aromatic rings. The molecule has 8 aromatic carbocycles. The van der Waals surface area contributed by atoms with Gasteiger partial charge in [-0.3, -0.25) is 4.98 Å². The van der Waals surface area contributed by atoms with Crippen LogP contribution in [-0.2, 0) is 26.0 Å². The smallest absolute Gasteiger partial charge is 0.0541 e. The van der Waals surface area contributed by atoms with Gasteiger partial charge in [0, 0.05) is 38.3 Å². The summed E-state index contributed by atoms with van der Waals surface area (Å²) in [5.74, 6) is 0.873. The second-order valence-corrected chi connectivity index (χ2v) is 22.6. The van der Waals surface area contributed by atoms with E-state index in [-0.39, 0.29) is 19.5 Å². The van der Waals surface area contributed by atoms with E-state index >= 15 is 0 Å². The molecule has 5 heteroatoms. The second kappa shape index (κ2) is 22.8. The zero-order chi connectivity index (χ0) is 45.4. The van der Waals surface area contributed by atoms with Crippen molar-refractivity contribution in [3.63, 3.8) is 0 Å². The number of hydrogen-bond acceptors (Lipinski definition) is 2. The Kier molecular flexibility index (Phi) is 16.4. The third kappa shape index (κ3) is 11.4. The van der Waals surface area contributed by atoms with Gasteiger partial charge in [-0.15, -0.1) is 0 Å². The summed E-state index contributed by atoms with van der Waals surface area (Å²) in [4.78, 5) is 4.33. The Labute approximate surface area is 415 Å². The monoisotopic (exact) mass is 998 g/mol. The van der Waals surface area contributed by atoms with Gasteiger partial charge >= 0.3 is 0 Å². The molecule has 1 aliphatic carbocycles. The molecule has 1 heterocycles. The number of benzene rings is 8. The van der Waals surface area contributed by atoms with Crippen LogP contribution in [0.25, 0.3) is 32.7 Å². The molecule has 1 aliphatic rings. The molecule has 0 amide bonds. The summed E-state index contributed by atoms with van der Waals surface area (Å²) >= 11 is 0. The first-order chi connectivity index (χ1) is 32.3. The molecule has 1 atom stereocenters. The molecule has 1 saturated carbocycles. The van der Waals surface area contributed by atoms with Crippen molar-refractivity contribution in [2.24, 2.45) is 5.92 Å². The maximum Gasteiger partial charge on any atom is 0.0541 e. The van der Waals surface area contributed by atoms with Crippen molar-refractivity contribution in [1.29, 1.82) is 0 Å². The Hall–Kier alpha value is -5.13. The Bertz CT molecular complexity index is 2730. The molecular formula is C62H62N2P2Ru. The molecule has 1 N–H and O–H groups in total. The van der Waals surface area contributed by atoms with Gasteiger partial charge in [0.25, 0.3) is 0 Å². The average molecular weight is 998 g/mol. The van der Waals surface area contributed by atoms with Crippen LogP contribution in [0.3, 0.4) is 0 Å². The minimum absolute atomic E-state index is 0. The number of hydrogen-bond donors (Lipinski definition) is 1. The zero-order valence-corrected chi connectivity index (χ0v) is 43.1. The minimum atomic E-state index is -0.885. The average Bonchev–Trinajstić information content (AvgIpc) is 3.36. The van der Waals surface area contributed by atoms with Gasteiger partial charge in [-0.1, -0.05) is 217 Å². The van der Waals surface area contributed by atoms with E-state index in [1.807, 2.05) is 12.3 Å². The molecule has 2 nitrogen and oxygen atoms in total. The van der Waals surface area contributed by atoms with Gasteiger partial charge in [-0.25, -0.2) is 0 Å². The summed E-state index contributed by atoms with van der Waals surface area (Å²) in [6.45, 7) is 11.9. The van der Waals surface area contributed by atoms with E-state index in [4.69, 9.17) is 0 Å². The van der Waals surface area contributed by atoms with Crippen LogP contribution in [0.4, 0.5) is 0 Å². The third-order valence-electron chi connectivity index (χ3n) is 13.4. The standard InChI is InChI=1S/C48H40P2.C14H22N2.Ru/c1-33-13-23-39(24-14-33)49(40-25-15-34(2)16-26-40)45-31-21-37-9-5-7-11-43(37)47(45)48-44-12-8-6-10-38(44)22-32-46(48)50(41-27-17-35(3)18-28-41)42-29-19-36(4)20-30-42;1-12(13-7-3-2-4-8-13)16-11-14-9-5-6-10-15-14;/h5-32H,1-4H3;5-6,9-10,12-13,16H,2-4,7-8,11H2,1H3;/t;12-;/m.0./s1. The Morgan fingerprint density at radius 3 is 1.24 bits per heavy atom. The summed E-state index contributed by atoms with van der Waals surface area (Å²) < 4.78 is 0. The van der Waals surface area contributed by atoms with Gasteiger partial charge in [0.1, 0.15) is 0 Å². The van der Waals surface area contributed by atoms with Crippen LogP contribution in [0.2, 0.25) is 0 Å². The van der Waals surface area contributed by atoms with Crippen LogP contribution >= 0.6 is 15.8 Å². The molecule has 0 saturated heterocycles. The predicted octanol–water partition coefficient (Wildman–Crippen LogP) is 13.5. The van der Waals surface area contributed by atoms with Crippen molar-refractivity contribution >= 4 is 69.2 Å². The maximum atomic E-state index is 4.33. The van der Waals surface area contributed by atoms with Gasteiger partial charge in [-0.05, 0) is 146 Å². The number of rotatable bonds is 11. The van der Waals surface area contributed by atoms with Crippen LogP contribution in [0, 0.1) is 33.6 Å². The predicted molar refractivity (Wildman–Crippen MR) is 290 cm³/mol. The molecule has 1 aromatic heterocycles. The molecular weight excluding hydrogens is 936 g/mol. The van der Waals surface area contributed by atoms with Crippen molar-refractivity contribution in [2.45, 2.75) is 79.3 Å². The molecule has 67 heavy (non-hydrogen) atoms. The van der Waals surface area contributed by atoms with E-state index in [1.54, 1.807) is 0 Å². The van der Waals surface area contributed by atoms with E-state index in [1.165, 1.54) is 119 Å². The van der Waals surface area contributed by atoms with Gasteiger partial charge in [0.15, 0.2) is 0 Å². The van der Waals surface area contributed by atoms with Crippen LogP contribution in [0.1, 0.15) is 67.0 Å². The second-order valence-electron chi connectivity index (χ2n) is 18.3. The van der Waals surface area contributed by atoms with E-state index in [2.05, 4.69) is 227 Å². The van der Waals surface area contributed by atoms with Crippen LogP contribution in [0.15, 0.2) is 194 Å². The number of nitrogens with zero attached hydrogens (tertiary/aromatic N) is 1. The summed E-state index contributed by atoms with van der Waals surface area (Å²) in [5, 5.41) is 17.0. The third-order valence-corrected chi connectivity index (χ3v) is 18.4. The Morgan fingerprint density at radius 2 is 0.851 bits per heavy atom.